The molecule has 0 fully saturated rings. The molecule has 0 atom stereocenters. The zero-order valence-corrected chi connectivity index (χ0v) is 16.0. The van der Waals surface area contributed by atoms with Crippen LogP contribution in [0.1, 0.15) is 5.56 Å². The van der Waals surface area contributed by atoms with Gasteiger partial charge < -0.3 is 9.47 Å². The average Bonchev–Trinajstić information content (AvgIpc) is 2.57. The third-order valence-corrected chi connectivity index (χ3v) is 5.01. The highest BCUT2D eigenvalue weighted by atomic mass is 79.9. The third-order valence-electron chi connectivity index (χ3n) is 3.12. The molecular formula is C17H18BrNO5S. The Kier molecular flexibility index (Phi) is 6.98. The maximum Gasteiger partial charge on any atom is 0.321 e. The van der Waals surface area contributed by atoms with Crippen molar-refractivity contribution in [1.82, 2.24) is 4.72 Å². The number of ether oxygens (including phenoxy) is 2. The van der Waals surface area contributed by atoms with Gasteiger partial charge in [0.25, 0.3) is 0 Å². The van der Waals surface area contributed by atoms with E-state index in [-0.39, 0.29) is 18.1 Å². The minimum atomic E-state index is -3.77. The molecule has 2 aromatic rings. The van der Waals surface area contributed by atoms with Crippen molar-refractivity contribution in [3.8, 4) is 5.75 Å². The summed E-state index contributed by atoms with van der Waals surface area (Å²) in [5, 5.41) is 0. The highest BCUT2D eigenvalue weighted by Crippen LogP contribution is 2.15. The molecule has 1 N–H and O–H groups in total. The number of hydrogen-bond donors (Lipinski definition) is 1. The first-order chi connectivity index (χ1) is 11.9. The Morgan fingerprint density at radius 3 is 2.60 bits per heavy atom. The summed E-state index contributed by atoms with van der Waals surface area (Å²) in [7, 11) is -3.77. The first-order valence-electron chi connectivity index (χ1n) is 7.47. The van der Waals surface area contributed by atoms with Gasteiger partial charge in [0.15, 0.2) is 0 Å². The smallest absolute Gasteiger partial charge is 0.321 e. The van der Waals surface area contributed by atoms with Crippen molar-refractivity contribution in [2.75, 3.05) is 19.8 Å². The summed E-state index contributed by atoms with van der Waals surface area (Å²) in [6, 6.07) is 13.7. The Morgan fingerprint density at radius 2 is 1.88 bits per heavy atom. The number of benzene rings is 2. The van der Waals surface area contributed by atoms with E-state index in [0.29, 0.717) is 10.2 Å². The summed E-state index contributed by atoms with van der Waals surface area (Å²) in [5.41, 5.74) is 1.07. The molecule has 0 saturated heterocycles. The molecule has 0 unspecified atom stereocenters. The van der Waals surface area contributed by atoms with E-state index in [1.165, 1.54) is 12.1 Å². The van der Waals surface area contributed by atoms with Crippen molar-refractivity contribution >= 4 is 31.9 Å². The Morgan fingerprint density at radius 1 is 1.12 bits per heavy atom. The van der Waals surface area contributed by atoms with Crippen molar-refractivity contribution in [2.45, 2.75) is 11.8 Å². The SMILES string of the molecule is Cc1cccc(OCCOC(=O)CNS(=O)(=O)c2cccc(Br)c2)c1. The van der Waals surface area contributed by atoms with Gasteiger partial charge in [-0.3, -0.25) is 4.79 Å². The van der Waals surface area contributed by atoms with Crippen LogP contribution in [0.25, 0.3) is 0 Å². The molecule has 0 spiro atoms. The molecule has 0 aliphatic rings. The average molecular weight is 428 g/mol. The number of rotatable bonds is 8. The van der Waals surface area contributed by atoms with Crippen LogP contribution >= 0.6 is 15.9 Å². The lowest BCUT2D eigenvalue weighted by molar-refractivity contribution is -0.142. The Labute approximate surface area is 155 Å². The fourth-order valence-corrected chi connectivity index (χ4v) is 3.51. The zero-order valence-electron chi connectivity index (χ0n) is 13.6. The second-order valence-electron chi connectivity index (χ2n) is 5.17. The van der Waals surface area contributed by atoms with Crippen LogP contribution in [0.5, 0.6) is 5.75 Å². The molecule has 8 heteroatoms. The molecular weight excluding hydrogens is 410 g/mol. The van der Waals surface area contributed by atoms with E-state index >= 15 is 0 Å². The van der Waals surface area contributed by atoms with Gasteiger partial charge >= 0.3 is 5.97 Å². The molecule has 134 valence electrons. The van der Waals surface area contributed by atoms with Gasteiger partial charge in [-0.25, -0.2) is 8.42 Å². The van der Waals surface area contributed by atoms with E-state index in [9.17, 15) is 13.2 Å². The standard InChI is InChI=1S/C17H18BrNO5S/c1-13-4-2-6-15(10-13)23-8-9-24-17(20)12-19-25(21,22)16-7-3-5-14(18)11-16/h2-7,10-11,19H,8-9,12H2,1H3. The first-order valence-corrected chi connectivity index (χ1v) is 9.75. The van der Waals surface area contributed by atoms with Crippen LogP contribution in [0.2, 0.25) is 0 Å². The van der Waals surface area contributed by atoms with Crippen molar-refractivity contribution in [2.24, 2.45) is 0 Å². The predicted molar refractivity (Wildman–Crippen MR) is 97.0 cm³/mol. The Hall–Kier alpha value is -1.90. The number of aryl methyl sites for hydroxylation is 1. The molecule has 0 aliphatic heterocycles. The quantitative estimate of drug-likeness (QED) is 0.517. The van der Waals surface area contributed by atoms with E-state index < -0.39 is 22.5 Å². The van der Waals surface area contributed by atoms with Crippen LogP contribution in [0.3, 0.4) is 0 Å². The van der Waals surface area contributed by atoms with Crippen molar-refractivity contribution in [3.63, 3.8) is 0 Å². The number of halogens is 1. The second kappa shape index (κ2) is 8.98. The summed E-state index contributed by atoms with van der Waals surface area (Å²) in [6.07, 6.45) is 0. The highest BCUT2D eigenvalue weighted by molar-refractivity contribution is 9.10. The molecule has 25 heavy (non-hydrogen) atoms. The number of carbonyl (C=O) groups excluding carboxylic acids is 1. The number of esters is 1. The van der Waals surface area contributed by atoms with Crippen molar-refractivity contribution in [1.29, 1.82) is 0 Å². The third kappa shape index (κ3) is 6.49. The number of sulfonamides is 1. The van der Waals surface area contributed by atoms with Crippen LogP contribution < -0.4 is 9.46 Å². The number of nitrogens with one attached hydrogen (secondary N) is 1. The minimum absolute atomic E-state index is 0.0331. The van der Waals surface area contributed by atoms with Gasteiger partial charge in [0, 0.05) is 4.47 Å². The molecule has 0 aromatic heterocycles. The molecule has 0 aliphatic carbocycles. The normalized spacial score (nSPS) is 11.1. The van der Waals surface area contributed by atoms with E-state index in [4.69, 9.17) is 9.47 Å². The lowest BCUT2D eigenvalue weighted by atomic mass is 10.2. The molecule has 0 amide bonds. The summed E-state index contributed by atoms with van der Waals surface area (Å²) >= 11 is 3.20. The molecule has 2 aromatic carbocycles. The van der Waals surface area contributed by atoms with Crippen LogP contribution in [0, 0.1) is 6.92 Å². The Bertz CT molecular complexity index is 838. The van der Waals surface area contributed by atoms with E-state index in [0.717, 1.165) is 5.56 Å². The highest BCUT2D eigenvalue weighted by Gasteiger charge is 2.16. The fourth-order valence-electron chi connectivity index (χ4n) is 1.94. The van der Waals surface area contributed by atoms with Gasteiger partial charge in [-0.15, -0.1) is 0 Å². The predicted octanol–water partition coefficient (Wildman–Crippen LogP) is 2.66. The number of carbonyl (C=O) groups is 1. The summed E-state index contributed by atoms with van der Waals surface area (Å²) in [4.78, 5) is 11.7. The van der Waals surface area contributed by atoms with Crippen LogP contribution in [0.15, 0.2) is 57.9 Å². The lowest BCUT2D eigenvalue weighted by Gasteiger charge is -2.09. The molecule has 0 bridgehead atoms. The second-order valence-corrected chi connectivity index (χ2v) is 7.85. The topological polar surface area (TPSA) is 81.7 Å². The van der Waals surface area contributed by atoms with Gasteiger partial charge in [0.05, 0.1) is 4.90 Å². The van der Waals surface area contributed by atoms with E-state index in [2.05, 4.69) is 20.7 Å². The van der Waals surface area contributed by atoms with Gasteiger partial charge in [-0.2, -0.15) is 4.72 Å². The summed E-state index contributed by atoms with van der Waals surface area (Å²) in [6.45, 7) is 1.72. The van der Waals surface area contributed by atoms with Gasteiger partial charge in [0.2, 0.25) is 10.0 Å². The van der Waals surface area contributed by atoms with Crippen LogP contribution in [-0.4, -0.2) is 34.1 Å². The maximum atomic E-state index is 12.1. The van der Waals surface area contributed by atoms with Crippen LogP contribution in [-0.2, 0) is 19.6 Å². The molecule has 2 rings (SSSR count). The van der Waals surface area contributed by atoms with Gasteiger partial charge in [0.1, 0.15) is 25.5 Å². The first kappa shape index (κ1) is 19.4. The van der Waals surface area contributed by atoms with E-state index in [1.54, 1.807) is 18.2 Å². The maximum absolute atomic E-state index is 12.1. The fraction of sp³-hybridized carbons (Fsp3) is 0.235. The van der Waals surface area contributed by atoms with Gasteiger partial charge in [-0.05, 0) is 42.8 Å². The summed E-state index contributed by atoms with van der Waals surface area (Å²) < 4.78 is 37.4. The molecule has 0 saturated carbocycles. The molecule has 0 radical (unpaired) electrons. The lowest BCUT2D eigenvalue weighted by Crippen LogP contribution is -2.31. The van der Waals surface area contributed by atoms with Crippen molar-refractivity contribution < 1.29 is 22.7 Å². The Balaban J connectivity index is 1.73. The van der Waals surface area contributed by atoms with Gasteiger partial charge in [-0.1, -0.05) is 34.1 Å². The van der Waals surface area contributed by atoms with Crippen molar-refractivity contribution in [3.05, 3.63) is 58.6 Å². The van der Waals surface area contributed by atoms with E-state index in [1.807, 2.05) is 25.1 Å². The zero-order chi connectivity index (χ0) is 18.3. The van der Waals surface area contributed by atoms with Crippen LogP contribution in [0.4, 0.5) is 0 Å². The molecule has 6 nitrogen and oxygen atoms in total. The summed E-state index contributed by atoms with van der Waals surface area (Å²) in [5.74, 6) is 0.0119. The largest absolute Gasteiger partial charge is 0.490 e. The minimum Gasteiger partial charge on any atom is -0.490 e. The monoisotopic (exact) mass is 427 g/mol. The number of hydrogen-bond acceptors (Lipinski definition) is 5. The molecule has 0 heterocycles.